The average molecular weight is 413 g/mol. The Morgan fingerprint density at radius 1 is 1.21 bits per heavy atom. The van der Waals surface area contributed by atoms with E-state index in [4.69, 9.17) is 21.1 Å². The van der Waals surface area contributed by atoms with Gasteiger partial charge in [0.1, 0.15) is 17.4 Å². The van der Waals surface area contributed by atoms with Crippen LogP contribution in [0.1, 0.15) is 31.0 Å². The number of carbonyl (C=O) groups excluding carboxylic acids is 2. The Labute approximate surface area is 174 Å². The van der Waals surface area contributed by atoms with Gasteiger partial charge < -0.3 is 14.8 Å². The summed E-state index contributed by atoms with van der Waals surface area (Å²) in [5.41, 5.74) is 1.18. The smallest absolute Gasteiger partial charge is 0.349 e. The Balaban J connectivity index is 1.93. The first kappa shape index (κ1) is 22.0. The van der Waals surface area contributed by atoms with E-state index >= 15 is 0 Å². The van der Waals surface area contributed by atoms with Crippen molar-refractivity contribution in [3.8, 4) is 11.8 Å². The van der Waals surface area contributed by atoms with Crippen LogP contribution in [0.25, 0.3) is 6.08 Å². The third kappa shape index (κ3) is 6.66. The Kier molecular flexibility index (Phi) is 8.26. The molecule has 1 atom stereocenters. The molecule has 2 rings (SSSR count). The maximum Gasteiger partial charge on any atom is 0.349 e. The van der Waals surface area contributed by atoms with E-state index in [0.29, 0.717) is 22.9 Å². The largest absolute Gasteiger partial charge is 0.494 e. The minimum Gasteiger partial charge on any atom is -0.494 e. The molecule has 1 amide bonds. The molecule has 0 radical (unpaired) electrons. The van der Waals surface area contributed by atoms with Crippen LogP contribution in [0.3, 0.4) is 0 Å². The lowest BCUT2D eigenvalue weighted by atomic mass is 10.1. The molecule has 2 aromatic rings. The van der Waals surface area contributed by atoms with Crippen LogP contribution in [0.15, 0.2) is 54.1 Å². The molecule has 150 valence electrons. The number of benzene rings is 2. The van der Waals surface area contributed by atoms with Crippen molar-refractivity contribution in [1.82, 2.24) is 5.32 Å². The number of hydrogen-bond donors (Lipinski definition) is 1. The highest BCUT2D eigenvalue weighted by Gasteiger charge is 2.16. The SMILES string of the molecule is CCOc1ccc(/C=C(\C#N)C(=O)OCC(=O)N[C@@H](C)c2ccccc2Cl)cc1. The quantitative estimate of drug-likeness (QED) is 0.401. The van der Waals surface area contributed by atoms with Gasteiger partial charge in [-0.3, -0.25) is 4.79 Å². The molecule has 29 heavy (non-hydrogen) atoms. The van der Waals surface area contributed by atoms with Crippen LogP contribution < -0.4 is 10.1 Å². The molecule has 0 unspecified atom stereocenters. The van der Waals surface area contributed by atoms with E-state index in [1.807, 2.05) is 13.0 Å². The van der Waals surface area contributed by atoms with Gasteiger partial charge >= 0.3 is 5.97 Å². The van der Waals surface area contributed by atoms with Crippen LogP contribution in [0.5, 0.6) is 5.75 Å². The normalized spacial score (nSPS) is 11.9. The highest BCUT2D eigenvalue weighted by atomic mass is 35.5. The van der Waals surface area contributed by atoms with E-state index in [9.17, 15) is 14.9 Å². The first-order chi connectivity index (χ1) is 13.9. The van der Waals surface area contributed by atoms with Gasteiger partial charge in [-0.05, 0) is 49.2 Å². The molecule has 0 heterocycles. The van der Waals surface area contributed by atoms with Gasteiger partial charge in [0, 0.05) is 5.02 Å². The lowest BCUT2D eigenvalue weighted by Gasteiger charge is -2.15. The van der Waals surface area contributed by atoms with Crippen LogP contribution in [0, 0.1) is 11.3 Å². The molecule has 0 spiro atoms. The summed E-state index contributed by atoms with van der Waals surface area (Å²) in [6.45, 7) is 3.69. The number of amides is 1. The second kappa shape index (κ2) is 10.9. The van der Waals surface area contributed by atoms with Crippen molar-refractivity contribution in [2.75, 3.05) is 13.2 Å². The van der Waals surface area contributed by atoms with Crippen LogP contribution in [-0.2, 0) is 14.3 Å². The maximum atomic E-state index is 12.1. The summed E-state index contributed by atoms with van der Waals surface area (Å²) in [5, 5.41) is 12.5. The molecule has 0 fully saturated rings. The summed E-state index contributed by atoms with van der Waals surface area (Å²) in [6, 6.07) is 15.5. The van der Waals surface area contributed by atoms with Crippen molar-refractivity contribution in [2.45, 2.75) is 19.9 Å². The van der Waals surface area contributed by atoms with Gasteiger partial charge in [0.05, 0.1) is 12.6 Å². The predicted molar refractivity (Wildman–Crippen MR) is 110 cm³/mol. The fourth-order valence-corrected chi connectivity index (χ4v) is 2.83. The Bertz CT molecular complexity index is 933. The average Bonchev–Trinajstić information content (AvgIpc) is 2.72. The minimum atomic E-state index is -0.873. The lowest BCUT2D eigenvalue weighted by molar-refractivity contribution is -0.144. The number of nitriles is 1. The van der Waals surface area contributed by atoms with Crippen molar-refractivity contribution in [3.63, 3.8) is 0 Å². The summed E-state index contributed by atoms with van der Waals surface area (Å²) in [6.07, 6.45) is 1.39. The zero-order valence-electron chi connectivity index (χ0n) is 16.1. The maximum absolute atomic E-state index is 12.1. The number of nitrogens with one attached hydrogen (secondary N) is 1. The molecule has 0 aromatic heterocycles. The molecular formula is C22H21ClN2O4. The first-order valence-corrected chi connectivity index (χ1v) is 9.38. The topological polar surface area (TPSA) is 88.4 Å². The fourth-order valence-electron chi connectivity index (χ4n) is 2.53. The molecule has 0 saturated carbocycles. The number of rotatable bonds is 8. The van der Waals surface area contributed by atoms with Gasteiger partial charge in [0.15, 0.2) is 6.61 Å². The first-order valence-electron chi connectivity index (χ1n) is 9.00. The molecule has 6 nitrogen and oxygen atoms in total. The lowest BCUT2D eigenvalue weighted by Crippen LogP contribution is -2.31. The van der Waals surface area contributed by atoms with Crippen molar-refractivity contribution in [1.29, 1.82) is 5.26 Å². The molecule has 7 heteroatoms. The highest BCUT2D eigenvalue weighted by molar-refractivity contribution is 6.31. The van der Waals surface area contributed by atoms with Gasteiger partial charge in [0.2, 0.25) is 0 Å². The van der Waals surface area contributed by atoms with Gasteiger partial charge in [-0.15, -0.1) is 0 Å². The van der Waals surface area contributed by atoms with Crippen LogP contribution in [0.4, 0.5) is 0 Å². The molecule has 2 aromatic carbocycles. The molecule has 0 aliphatic heterocycles. The van der Waals surface area contributed by atoms with Crippen LogP contribution in [0.2, 0.25) is 5.02 Å². The fraction of sp³-hybridized carbons (Fsp3) is 0.227. The Hall–Kier alpha value is -3.30. The van der Waals surface area contributed by atoms with E-state index in [1.165, 1.54) is 6.08 Å². The van der Waals surface area contributed by atoms with Crippen LogP contribution >= 0.6 is 11.6 Å². The zero-order valence-corrected chi connectivity index (χ0v) is 16.9. The van der Waals surface area contributed by atoms with Gasteiger partial charge in [-0.1, -0.05) is 41.9 Å². The number of halogens is 1. The van der Waals surface area contributed by atoms with Crippen molar-refractivity contribution in [3.05, 3.63) is 70.3 Å². The van der Waals surface area contributed by atoms with Crippen molar-refractivity contribution < 1.29 is 19.1 Å². The summed E-state index contributed by atoms with van der Waals surface area (Å²) in [4.78, 5) is 24.2. The molecule has 0 aliphatic rings. The predicted octanol–water partition coefficient (Wildman–Crippen LogP) is 4.07. The van der Waals surface area contributed by atoms with E-state index in [1.54, 1.807) is 55.5 Å². The summed E-state index contributed by atoms with van der Waals surface area (Å²) < 4.78 is 10.3. The van der Waals surface area contributed by atoms with E-state index in [2.05, 4.69) is 5.32 Å². The molecule has 1 N–H and O–H groups in total. The number of hydrogen-bond acceptors (Lipinski definition) is 5. The van der Waals surface area contributed by atoms with Crippen LogP contribution in [-0.4, -0.2) is 25.1 Å². The molecule has 0 aliphatic carbocycles. The van der Waals surface area contributed by atoms with E-state index in [0.717, 1.165) is 5.56 Å². The third-order valence-electron chi connectivity index (χ3n) is 3.93. The standard InChI is InChI=1S/C22H21ClN2O4/c1-3-28-18-10-8-16(9-11-18)12-17(13-24)22(27)29-14-21(26)25-15(2)19-6-4-5-7-20(19)23/h4-12,15H,3,14H2,1-2H3,(H,25,26)/b17-12+/t15-/m0/s1. The zero-order chi connectivity index (χ0) is 21.2. The molecular weight excluding hydrogens is 392 g/mol. The second-order valence-electron chi connectivity index (χ2n) is 6.06. The number of nitrogens with zero attached hydrogens (tertiary/aromatic N) is 1. The third-order valence-corrected chi connectivity index (χ3v) is 4.27. The Morgan fingerprint density at radius 3 is 2.52 bits per heavy atom. The summed E-state index contributed by atoms with van der Waals surface area (Å²) >= 11 is 6.11. The minimum absolute atomic E-state index is 0.207. The van der Waals surface area contributed by atoms with E-state index in [-0.39, 0.29) is 11.6 Å². The Morgan fingerprint density at radius 2 is 1.90 bits per heavy atom. The van der Waals surface area contributed by atoms with Crippen molar-refractivity contribution >= 4 is 29.6 Å². The number of esters is 1. The number of ether oxygens (including phenoxy) is 2. The van der Waals surface area contributed by atoms with Gasteiger partial charge in [-0.25, -0.2) is 4.79 Å². The molecule has 0 bridgehead atoms. The highest BCUT2D eigenvalue weighted by Crippen LogP contribution is 2.22. The summed E-state index contributed by atoms with van der Waals surface area (Å²) in [7, 11) is 0. The number of carbonyl (C=O) groups is 2. The molecule has 0 saturated heterocycles. The van der Waals surface area contributed by atoms with Crippen molar-refractivity contribution in [2.24, 2.45) is 0 Å². The van der Waals surface area contributed by atoms with Gasteiger partial charge in [0.25, 0.3) is 5.91 Å². The summed E-state index contributed by atoms with van der Waals surface area (Å²) in [5.74, 6) is -0.680. The van der Waals surface area contributed by atoms with E-state index < -0.39 is 18.5 Å². The monoisotopic (exact) mass is 412 g/mol. The second-order valence-corrected chi connectivity index (χ2v) is 6.47. The van der Waals surface area contributed by atoms with Gasteiger partial charge in [-0.2, -0.15) is 5.26 Å².